The van der Waals surface area contributed by atoms with E-state index in [1.165, 1.54) is 5.38 Å². The van der Waals surface area contributed by atoms with Crippen LogP contribution in [0.15, 0.2) is 10.5 Å². The van der Waals surface area contributed by atoms with Gasteiger partial charge in [-0.05, 0) is 13.8 Å². The number of ether oxygens (including phenoxy) is 2. The molecule has 0 saturated carbocycles. The third-order valence-electron chi connectivity index (χ3n) is 4.10. The van der Waals surface area contributed by atoms with E-state index in [1.807, 2.05) is 0 Å². The maximum atomic E-state index is 12.8. The second-order valence-electron chi connectivity index (χ2n) is 6.81. The van der Waals surface area contributed by atoms with E-state index in [0.717, 1.165) is 32.3 Å². The summed E-state index contributed by atoms with van der Waals surface area (Å²) < 4.78 is 41.0. The molecule has 1 saturated heterocycles. The number of nitrogen functional groups attached to an aromatic ring is 1. The fourth-order valence-corrected chi connectivity index (χ4v) is 3.76. The molecule has 16 nitrogen and oxygen atoms in total. The Morgan fingerprint density at radius 3 is 2.52 bits per heavy atom. The summed E-state index contributed by atoms with van der Waals surface area (Å²) in [6.45, 7) is 1.55. The molecule has 1 aliphatic heterocycles. The van der Waals surface area contributed by atoms with Crippen LogP contribution in [-0.4, -0.2) is 88.4 Å². The van der Waals surface area contributed by atoms with Gasteiger partial charge in [0.1, 0.15) is 24.4 Å². The minimum atomic E-state index is -5.04. The van der Waals surface area contributed by atoms with Gasteiger partial charge < -0.3 is 30.5 Å². The summed E-state index contributed by atoms with van der Waals surface area (Å²) in [7, 11) is -4.06. The largest absolute Gasteiger partial charge is 0.508 e. The van der Waals surface area contributed by atoms with E-state index in [0.29, 0.717) is 0 Å². The van der Waals surface area contributed by atoms with Crippen molar-refractivity contribution in [1.29, 1.82) is 0 Å². The highest BCUT2D eigenvalue weighted by molar-refractivity contribution is 7.84. The number of carbonyl (C=O) groups excluding carboxylic acids is 3. The van der Waals surface area contributed by atoms with E-state index in [2.05, 4.69) is 24.9 Å². The second kappa shape index (κ2) is 9.55. The van der Waals surface area contributed by atoms with Crippen molar-refractivity contribution in [1.82, 2.24) is 14.6 Å². The van der Waals surface area contributed by atoms with Crippen molar-refractivity contribution in [2.75, 3.05) is 19.5 Å². The molecule has 0 spiro atoms. The number of β-lactam (4-membered cyclic amide) rings is 1. The Kier molecular flexibility index (Phi) is 7.45. The molecule has 2 rings (SSSR count). The number of aromatic nitrogens is 1. The summed E-state index contributed by atoms with van der Waals surface area (Å²) in [5, 5.41) is 16.2. The van der Waals surface area contributed by atoms with Gasteiger partial charge in [0, 0.05) is 5.38 Å². The van der Waals surface area contributed by atoms with Crippen LogP contribution in [0.25, 0.3) is 0 Å². The number of oxime groups is 1. The van der Waals surface area contributed by atoms with Crippen LogP contribution in [0.5, 0.6) is 0 Å². The van der Waals surface area contributed by atoms with Crippen molar-refractivity contribution >= 4 is 56.4 Å². The van der Waals surface area contributed by atoms with E-state index in [4.69, 9.17) is 15.7 Å². The Morgan fingerprint density at radius 1 is 1.39 bits per heavy atom. The first-order chi connectivity index (χ1) is 15.2. The van der Waals surface area contributed by atoms with E-state index in [9.17, 15) is 32.1 Å². The van der Waals surface area contributed by atoms with Gasteiger partial charge in [0.15, 0.2) is 10.8 Å². The number of hydrogen-bond donors (Lipinski definition) is 4. The molecular weight excluding hydrogens is 490 g/mol. The molecule has 0 radical (unpaired) electrons. The normalized spacial score (nSPS) is 18.8. The van der Waals surface area contributed by atoms with E-state index in [1.54, 1.807) is 0 Å². The van der Waals surface area contributed by atoms with Gasteiger partial charge in [-0.25, -0.2) is 18.9 Å². The lowest BCUT2D eigenvalue weighted by molar-refractivity contribution is -0.161. The summed E-state index contributed by atoms with van der Waals surface area (Å²) in [6.07, 6.45) is -1.21. The Morgan fingerprint density at radius 2 is 2.03 bits per heavy atom. The van der Waals surface area contributed by atoms with Crippen molar-refractivity contribution in [2.45, 2.75) is 31.5 Å². The molecule has 2 atom stereocenters. The van der Waals surface area contributed by atoms with Crippen LogP contribution >= 0.6 is 11.3 Å². The molecule has 2 amide bonds. The monoisotopic (exact) mass is 509 g/mol. The molecule has 0 aliphatic carbocycles. The average Bonchev–Trinajstić information content (AvgIpc) is 3.13. The van der Waals surface area contributed by atoms with Gasteiger partial charge in [-0.3, -0.25) is 14.1 Å². The third-order valence-corrected chi connectivity index (χ3v) is 5.72. The fourth-order valence-electron chi connectivity index (χ4n) is 2.35. The number of methoxy groups -OCH3 is 1. The molecule has 5 N–H and O–H groups in total. The molecule has 2 unspecified atom stereocenters. The predicted octanol–water partition coefficient (Wildman–Crippen LogP) is -1.41. The molecule has 33 heavy (non-hydrogen) atoms. The van der Waals surface area contributed by atoms with Crippen molar-refractivity contribution in [3.63, 3.8) is 0 Å². The van der Waals surface area contributed by atoms with Crippen molar-refractivity contribution in [3.8, 4) is 0 Å². The Bertz CT molecular complexity index is 1100. The maximum absolute atomic E-state index is 12.8. The minimum Gasteiger partial charge on any atom is -0.478 e. The van der Waals surface area contributed by atoms with Crippen LogP contribution in [0.3, 0.4) is 0 Å². The Hall–Kier alpha value is -3.51. The molecular formula is C15H19N5O11S2. The van der Waals surface area contributed by atoms with E-state index >= 15 is 0 Å². The summed E-state index contributed by atoms with van der Waals surface area (Å²) in [5.41, 5.74) is 2.99. The predicted molar refractivity (Wildman–Crippen MR) is 108 cm³/mol. The van der Waals surface area contributed by atoms with Crippen LogP contribution in [0.1, 0.15) is 19.5 Å². The number of nitrogens with zero attached hydrogens (tertiary/aromatic N) is 3. The third kappa shape index (κ3) is 5.84. The Labute approximate surface area is 190 Å². The fraction of sp³-hybridized carbons (Fsp3) is 0.467. The number of nitrogens with two attached hydrogens (primary N) is 1. The standard InChI is InChI=1S/C15H19N5O11S2/c1-15(2,12(23)24)31-19-8(6-5-32-13(16)17-6)10(21)18-9-7(4-30-14(25)29-3)20(11(9)22)33(26,27)28/h5,7,9H,4H2,1-3H3,(H2,16,17)(H,18,21)(H,23,24)(H,26,27,28)/b19-8-. The zero-order valence-electron chi connectivity index (χ0n) is 17.2. The molecule has 1 fully saturated rings. The number of thiazole rings is 1. The van der Waals surface area contributed by atoms with Gasteiger partial charge in [-0.1, -0.05) is 5.16 Å². The van der Waals surface area contributed by atoms with E-state index in [-0.39, 0.29) is 15.1 Å². The SMILES string of the molecule is COC(=O)OCC1C(NC(=O)/C(=N\OC(C)(C)C(=O)O)c2csc(N)n2)C(=O)N1S(=O)(=O)O. The van der Waals surface area contributed by atoms with Gasteiger partial charge in [0.05, 0.1) is 7.11 Å². The molecule has 1 aromatic heterocycles. The van der Waals surface area contributed by atoms with Crippen molar-refractivity contribution < 1.29 is 51.6 Å². The van der Waals surface area contributed by atoms with Gasteiger partial charge in [0.2, 0.25) is 5.60 Å². The molecule has 2 heterocycles. The zero-order chi connectivity index (χ0) is 25.1. The van der Waals surface area contributed by atoms with Crippen LogP contribution in [0.4, 0.5) is 9.93 Å². The Balaban J connectivity index is 2.31. The lowest BCUT2D eigenvalue weighted by atomic mass is 9.99. The van der Waals surface area contributed by atoms with Crippen molar-refractivity contribution in [3.05, 3.63) is 11.1 Å². The molecule has 182 valence electrons. The van der Waals surface area contributed by atoms with E-state index < -0.39 is 64.2 Å². The summed E-state index contributed by atoms with van der Waals surface area (Å²) >= 11 is 0.922. The molecule has 1 aromatic rings. The quantitative estimate of drug-likeness (QED) is 0.0985. The maximum Gasteiger partial charge on any atom is 0.508 e. The molecule has 1 aliphatic rings. The van der Waals surface area contributed by atoms with Crippen LogP contribution < -0.4 is 11.1 Å². The van der Waals surface area contributed by atoms with Gasteiger partial charge in [0.25, 0.3) is 11.8 Å². The van der Waals surface area contributed by atoms with Gasteiger partial charge in [-0.15, -0.1) is 11.3 Å². The second-order valence-corrected chi connectivity index (χ2v) is 8.99. The number of aliphatic carboxylic acids is 1. The number of anilines is 1. The summed E-state index contributed by atoms with van der Waals surface area (Å²) in [5.74, 6) is -3.77. The summed E-state index contributed by atoms with van der Waals surface area (Å²) in [6, 6.07) is -3.11. The van der Waals surface area contributed by atoms with Crippen LogP contribution in [0.2, 0.25) is 0 Å². The van der Waals surface area contributed by atoms with Crippen LogP contribution in [-0.2, 0) is 39.0 Å². The first kappa shape index (κ1) is 25.7. The number of rotatable bonds is 9. The smallest absolute Gasteiger partial charge is 0.478 e. The highest BCUT2D eigenvalue weighted by atomic mass is 32.2. The first-order valence-corrected chi connectivity index (χ1v) is 11.0. The van der Waals surface area contributed by atoms with Crippen LogP contribution in [0, 0.1) is 0 Å². The lowest BCUT2D eigenvalue weighted by Crippen LogP contribution is -2.73. The number of nitrogens with one attached hydrogen (secondary N) is 1. The number of carboxylic acid groups (broad SMARTS) is 1. The molecule has 0 bridgehead atoms. The number of carbonyl (C=O) groups is 4. The lowest BCUT2D eigenvalue weighted by Gasteiger charge is -2.43. The molecule has 0 aromatic carbocycles. The summed E-state index contributed by atoms with van der Waals surface area (Å²) in [4.78, 5) is 56.3. The zero-order valence-corrected chi connectivity index (χ0v) is 18.9. The van der Waals surface area contributed by atoms with Gasteiger partial charge in [-0.2, -0.15) is 8.42 Å². The highest BCUT2D eigenvalue weighted by Gasteiger charge is 2.55. The van der Waals surface area contributed by atoms with Gasteiger partial charge >= 0.3 is 22.4 Å². The highest BCUT2D eigenvalue weighted by Crippen LogP contribution is 2.24. The minimum absolute atomic E-state index is 0.00255. The first-order valence-electron chi connectivity index (χ1n) is 8.72. The average molecular weight is 509 g/mol. The number of carboxylic acids is 1. The van der Waals surface area contributed by atoms with Crippen molar-refractivity contribution in [2.24, 2.45) is 5.16 Å². The number of hydrogen-bond acceptors (Lipinski definition) is 13. The topological polar surface area (TPSA) is 237 Å². The number of amides is 2. The molecule has 18 heteroatoms.